The summed E-state index contributed by atoms with van der Waals surface area (Å²) in [6.07, 6.45) is -0.766. The Bertz CT molecular complexity index is 2050. The molecule has 0 aliphatic heterocycles. The van der Waals surface area contributed by atoms with Crippen molar-refractivity contribution in [2.45, 2.75) is 124 Å². The lowest BCUT2D eigenvalue weighted by atomic mass is 9.82. The van der Waals surface area contributed by atoms with E-state index in [1.807, 2.05) is 69.5 Å². The number of carboxylic acid groups (broad SMARTS) is 1. The van der Waals surface area contributed by atoms with Crippen LogP contribution in [0.25, 0.3) is 11.1 Å². The number of Topliss-reactive ketones (excluding diaryl/α,β-unsaturated/α-hetero) is 2. The molecule has 3 rings (SSSR count). The molecule has 6 N–H and O–H groups in total. The summed E-state index contributed by atoms with van der Waals surface area (Å²) in [5.74, 6) is -6.59. The third-order valence-electron chi connectivity index (χ3n) is 10.7. The molecule has 0 spiro atoms. The van der Waals surface area contributed by atoms with Crippen molar-refractivity contribution in [2.24, 2.45) is 23.0 Å². The third-order valence-corrected chi connectivity index (χ3v) is 10.7. The number of carboxylic acids is 1. The molecule has 0 fully saturated rings. The number of nitrogens with zero attached hydrogens (tertiary/aromatic N) is 2. The number of benzene rings is 2. The Morgan fingerprint density at radius 1 is 0.862 bits per heavy atom. The van der Waals surface area contributed by atoms with Gasteiger partial charge in [-0.2, -0.15) is 13.2 Å². The van der Waals surface area contributed by atoms with Gasteiger partial charge in [0.1, 0.15) is 18.2 Å². The first-order valence-corrected chi connectivity index (χ1v) is 21.5. The highest BCUT2D eigenvalue weighted by atomic mass is 19.4. The lowest BCUT2D eigenvalue weighted by Gasteiger charge is -2.41. The molecule has 0 aliphatic carbocycles. The van der Waals surface area contributed by atoms with Crippen LogP contribution in [0.5, 0.6) is 0 Å². The highest BCUT2D eigenvalue weighted by Crippen LogP contribution is 2.41. The van der Waals surface area contributed by atoms with Crippen molar-refractivity contribution in [3.05, 3.63) is 83.7 Å². The van der Waals surface area contributed by atoms with Crippen molar-refractivity contribution in [3.63, 3.8) is 0 Å². The molecular weight excluding hydrogens is 858 g/mol. The monoisotopic (exact) mass is 921 g/mol. The van der Waals surface area contributed by atoms with Gasteiger partial charge in [-0.15, -0.1) is 0 Å². The van der Waals surface area contributed by atoms with E-state index in [0.29, 0.717) is 56.5 Å². The van der Waals surface area contributed by atoms with Crippen LogP contribution in [0, 0.1) is 28.9 Å². The van der Waals surface area contributed by atoms with Crippen LogP contribution in [0.3, 0.4) is 0 Å². The Labute approximate surface area is 377 Å². The molecule has 0 saturated carbocycles. The van der Waals surface area contributed by atoms with Crippen LogP contribution >= 0.6 is 0 Å². The molecule has 3 amide bonds. The highest BCUT2D eigenvalue weighted by molar-refractivity contribution is 5.94. The van der Waals surface area contributed by atoms with Crippen LogP contribution in [0.15, 0.2) is 60.8 Å². The fourth-order valence-electron chi connectivity index (χ4n) is 7.34. The number of nitrogens with two attached hydrogens (primary N) is 1. The fraction of sp³-hybridized carbons (Fsp3) is 0.532. The van der Waals surface area contributed by atoms with Crippen LogP contribution in [0.2, 0.25) is 0 Å². The zero-order valence-electron chi connectivity index (χ0n) is 38.1. The van der Waals surface area contributed by atoms with Gasteiger partial charge in [-0.05, 0) is 86.7 Å². The minimum atomic E-state index is -5.08. The maximum atomic E-state index is 15.1. The van der Waals surface area contributed by atoms with E-state index >= 15 is 4.39 Å². The average molecular weight is 922 g/mol. The van der Waals surface area contributed by atoms with Crippen LogP contribution in [0.4, 0.5) is 22.0 Å². The van der Waals surface area contributed by atoms with Crippen molar-refractivity contribution in [1.29, 1.82) is 0 Å². The molecular formula is C47H64F5N5O8. The van der Waals surface area contributed by atoms with E-state index in [1.54, 1.807) is 24.1 Å². The number of rotatable bonds is 23. The van der Waals surface area contributed by atoms with Crippen molar-refractivity contribution in [3.8, 4) is 11.1 Å². The molecule has 1 aromatic heterocycles. The number of aliphatic carboxylic acids is 1. The second kappa shape index (κ2) is 25.9. The number of alkyl halides is 3. The zero-order valence-corrected chi connectivity index (χ0v) is 38.1. The van der Waals surface area contributed by atoms with Crippen LogP contribution in [-0.4, -0.2) is 92.9 Å². The SMILES string of the molecule is CC(=O)N[C@@H](CCCCN)C(=O)C[C@H](C(=O)N[C@@H](C)C(=O)CCCCN(C(=O)CO)[C@@H](c1cc(-c2cc(F)ccc2F)cn1Cc1ccccc1)C(C)(C)C)C(C)C.O=C(O)C(F)(F)F. The van der Waals surface area contributed by atoms with E-state index in [-0.39, 0.29) is 48.3 Å². The zero-order chi connectivity index (χ0) is 49.2. The maximum absolute atomic E-state index is 15.1. The molecule has 0 bridgehead atoms. The third kappa shape index (κ3) is 18.1. The number of aliphatic hydroxyl groups is 1. The van der Waals surface area contributed by atoms with Gasteiger partial charge in [-0.3, -0.25) is 24.0 Å². The molecule has 0 unspecified atom stereocenters. The van der Waals surface area contributed by atoms with Crippen LogP contribution < -0.4 is 16.4 Å². The molecule has 0 saturated heterocycles. The summed E-state index contributed by atoms with van der Waals surface area (Å²) < 4.78 is 63.1. The number of amides is 3. The molecule has 2 aromatic carbocycles. The molecule has 18 heteroatoms. The molecule has 0 radical (unpaired) electrons. The lowest BCUT2D eigenvalue weighted by molar-refractivity contribution is -0.192. The van der Waals surface area contributed by atoms with Gasteiger partial charge in [0.15, 0.2) is 11.6 Å². The summed E-state index contributed by atoms with van der Waals surface area (Å²) in [6, 6.07) is 12.5. The molecule has 65 heavy (non-hydrogen) atoms. The first-order chi connectivity index (χ1) is 30.3. The summed E-state index contributed by atoms with van der Waals surface area (Å²) in [6.45, 7) is 12.8. The van der Waals surface area contributed by atoms with Crippen molar-refractivity contribution in [2.75, 3.05) is 19.7 Å². The Morgan fingerprint density at radius 3 is 2.03 bits per heavy atom. The van der Waals surface area contributed by atoms with Gasteiger partial charge in [-0.1, -0.05) is 65.0 Å². The first-order valence-electron chi connectivity index (χ1n) is 21.5. The summed E-state index contributed by atoms with van der Waals surface area (Å²) >= 11 is 0. The number of carbonyl (C=O) groups is 6. The van der Waals surface area contributed by atoms with E-state index in [2.05, 4.69) is 10.6 Å². The number of hydrogen-bond donors (Lipinski definition) is 5. The van der Waals surface area contributed by atoms with Gasteiger partial charge >= 0.3 is 12.1 Å². The first kappa shape index (κ1) is 55.6. The van der Waals surface area contributed by atoms with Gasteiger partial charge < -0.3 is 36.0 Å². The number of aliphatic hydroxyl groups excluding tert-OH is 1. The number of hydrogen-bond acceptors (Lipinski definition) is 8. The predicted molar refractivity (Wildman–Crippen MR) is 235 cm³/mol. The normalized spacial score (nSPS) is 13.5. The summed E-state index contributed by atoms with van der Waals surface area (Å²) in [7, 11) is 0. The number of ketones is 2. The van der Waals surface area contributed by atoms with Crippen LogP contribution in [-0.2, 0) is 35.3 Å². The van der Waals surface area contributed by atoms with Gasteiger partial charge in [-0.25, -0.2) is 13.6 Å². The van der Waals surface area contributed by atoms with Gasteiger partial charge in [0.05, 0.1) is 18.1 Å². The molecule has 13 nitrogen and oxygen atoms in total. The Balaban J connectivity index is 0.00000191. The van der Waals surface area contributed by atoms with Gasteiger partial charge in [0, 0.05) is 61.8 Å². The minimum Gasteiger partial charge on any atom is -0.475 e. The molecule has 1 heterocycles. The van der Waals surface area contributed by atoms with Crippen molar-refractivity contribution < 1.29 is 60.9 Å². The summed E-state index contributed by atoms with van der Waals surface area (Å²) in [5.41, 5.74) is 7.15. The Morgan fingerprint density at radius 2 is 1.49 bits per heavy atom. The number of unbranched alkanes of at least 4 members (excludes halogenated alkanes) is 2. The second-order valence-corrected chi connectivity index (χ2v) is 17.4. The molecule has 3 aromatic rings. The average Bonchev–Trinajstić information content (AvgIpc) is 3.62. The number of carbonyl (C=O) groups excluding carboxylic acids is 5. The van der Waals surface area contributed by atoms with Crippen LogP contribution in [0.1, 0.15) is 111 Å². The molecule has 4 atom stereocenters. The van der Waals surface area contributed by atoms with Gasteiger partial charge in [0.25, 0.3) is 0 Å². The number of aromatic nitrogens is 1. The summed E-state index contributed by atoms with van der Waals surface area (Å²) in [4.78, 5) is 75.8. The quantitative estimate of drug-likeness (QED) is 0.0485. The van der Waals surface area contributed by atoms with Crippen molar-refractivity contribution >= 4 is 35.3 Å². The Kier molecular flexibility index (Phi) is 22.1. The Hall–Kier alpha value is -5.49. The van der Waals surface area contributed by atoms with E-state index in [1.165, 1.54) is 6.92 Å². The van der Waals surface area contributed by atoms with Gasteiger partial charge in [0.2, 0.25) is 17.7 Å². The number of nitrogens with one attached hydrogen (secondary N) is 2. The highest BCUT2D eigenvalue weighted by Gasteiger charge is 2.39. The standard InChI is InChI=1S/C45H63F2N5O6.C2HF3O2/c1-29(2)35(25-41(56)38(50-31(4)54)17-11-13-21-48)44(58)49-30(3)40(55)18-12-14-22-52(42(57)28-53)43(45(5,6)7)39-23-33(36-24-34(46)19-20-37(36)47)27-51(39)26-32-15-9-8-10-16-32;3-2(4,5)1(6)7/h8-10,15-16,19-20,23-24,27,29-30,35,38,43,53H,11-14,17-18,21-22,25-26,28,48H2,1-7H3,(H,49,58)(H,50,54);(H,6,7)/t30-,35-,38-,43-;/m0./s1. The second-order valence-electron chi connectivity index (χ2n) is 17.4. The largest absolute Gasteiger partial charge is 0.490 e. The maximum Gasteiger partial charge on any atom is 0.490 e. The topological polar surface area (TPSA) is 201 Å². The number of halogens is 5. The fourth-order valence-corrected chi connectivity index (χ4v) is 7.34. The lowest BCUT2D eigenvalue weighted by Crippen LogP contribution is -2.46. The van der Waals surface area contributed by atoms with E-state index in [0.717, 1.165) is 23.8 Å². The smallest absolute Gasteiger partial charge is 0.475 e. The van der Waals surface area contributed by atoms with E-state index in [4.69, 9.17) is 15.6 Å². The predicted octanol–water partition coefficient (Wildman–Crippen LogP) is 7.13. The molecule has 360 valence electrons. The van der Waals surface area contributed by atoms with E-state index < -0.39 is 71.7 Å². The molecule has 0 aliphatic rings. The minimum absolute atomic E-state index is 0.0827. The summed E-state index contributed by atoms with van der Waals surface area (Å²) in [5, 5.41) is 22.8. The van der Waals surface area contributed by atoms with Crippen molar-refractivity contribution in [1.82, 2.24) is 20.1 Å². The van der Waals surface area contributed by atoms with E-state index in [9.17, 15) is 46.6 Å².